The first-order valence-electron chi connectivity index (χ1n) is 6.34. The van der Waals surface area contributed by atoms with Gasteiger partial charge in [0.05, 0.1) is 22.0 Å². The molecule has 0 amide bonds. The van der Waals surface area contributed by atoms with E-state index in [1.807, 2.05) is 32.9 Å². The van der Waals surface area contributed by atoms with Gasteiger partial charge in [0, 0.05) is 0 Å². The van der Waals surface area contributed by atoms with Gasteiger partial charge in [-0.15, -0.1) is 0 Å². The first-order valence-corrected chi connectivity index (χ1v) is 7.83. The number of rotatable bonds is 3. The van der Waals surface area contributed by atoms with Gasteiger partial charge in [-0.3, -0.25) is 9.82 Å². The van der Waals surface area contributed by atoms with Crippen molar-refractivity contribution in [2.24, 2.45) is 0 Å². The second-order valence-electron chi connectivity index (χ2n) is 5.14. The maximum absolute atomic E-state index is 12.6. The molecule has 0 atom stereocenters. The molecule has 0 aliphatic carbocycles. The zero-order valence-corrected chi connectivity index (χ0v) is 13.1. The van der Waals surface area contributed by atoms with Crippen LogP contribution in [0.1, 0.15) is 28.1 Å². The normalized spacial score (nSPS) is 11.7. The molecule has 2 aromatic rings. The van der Waals surface area contributed by atoms with Crippen molar-refractivity contribution in [2.75, 3.05) is 4.72 Å². The van der Waals surface area contributed by atoms with Gasteiger partial charge >= 0.3 is 0 Å². The van der Waals surface area contributed by atoms with Crippen molar-refractivity contribution in [1.29, 1.82) is 0 Å². The zero-order chi connectivity index (χ0) is 15.1. The molecule has 0 saturated heterocycles. The predicted octanol–water partition coefficient (Wildman–Crippen LogP) is 2.75. The van der Waals surface area contributed by atoms with E-state index < -0.39 is 10.0 Å². The van der Waals surface area contributed by atoms with Gasteiger partial charge in [0.1, 0.15) is 0 Å². The maximum atomic E-state index is 12.6. The monoisotopic (exact) mass is 293 g/mol. The molecule has 1 aromatic carbocycles. The summed E-state index contributed by atoms with van der Waals surface area (Å²) in [4.78, 5) is 0.336. The van der Waals surface area contributed by atoms with Crippen molar-refractivity contribution >= 4 is 15.7 Å². The van der Waals surface area contributed by atoms with Crippen molar-refractivity contribution in [2.45, 2.75) is 39.5 Å². The van der Waals surface area contributed by atoms with Gasteiger partial charge in [0.25, 0.3) is 10.0 Å². The van der Waals surface area contributed by atoms with Crippen molar-refractivity contribution in [3.63, 3.8) is 0 Å². The number of aromatic amines is 1. The summed E-state index contributed by atoms with van der Waals surface area (Å²) in [6.45, 7) is 9.12. The number of hydrogen-bond donors (Lipinski definition) is 2. The highest BCUT2D eigenvalue weighted by atomic mass is 32.2. The van der Waals surface area contributed by atoms with E-state index in [4.69, 9.17) is 0 Å². The van der Waals surface area contributed by atoms with Gasteiger partial charge in [-0.1, -0.05) is 17.7 Å². The molecule has 0 radical (unpaired) electrons. The van der Waals surface area contributed by atoms with Crippen LogP contribution in [0.25, 0.3) is 0 Å². The molecule has 0 fully saturated rings. The van der Waals surface area contributed by atoms with Gasteiger partial charge in [0.15, 0.2) is 0 Å². The number of H-pyrrole nitrogens is 1. The summed E-state index contributed by atoms with van der Waals surface area (Å²) in [6.07, 6.45) is 0. The molecule has 20 heavy (non-hydrogen) atoms. The fourth-order valence-corrected chi connectivity index (χ4v) is 4.11. The largest absolute Gasteiger partial charge is 0.280 e. The Morgan fingerprint density at radius 3 is 2.05 bits per heavy atom. The summed E-state index contributed by atoms with van der Waals surface area (Å²) in [5, 5.41) is 6.77. The molecule has 0 aliphatic heterocycles. The first-order chi connectivity index (χ1) is 9.22. The minimum absolute atomic E-state index is 0.336. The molecule has 2 N–H and O–H groups in total. The summed E-state index contributed by atoms with van der Waals surface area (Å²) in [7, 11) is -3.62. The van der Waals surface area contributed by atoms with E-state index in [-0.39, 0.29) is 0 Å². The second-order valence-corrected chi connectivity index (χ2v) is 6.76. The molecule has 2 rings (SSSR count). The lowest BCUT2D eigenvalue weighted by atomic mass is 10.1. The van der Waals surface area contributed by atoms with E-state index in [0.717, 1.165) is 16.7 Å². The average molecular weight is 293 g/mol. The highest BCUT2D eigenvalue weighted by Crippen LogP contribution is 2.26. The van der Waals surface area contributed by atoms with Crippen LogP contribution in [-0.2, 0) is 10.0 Å². The molecule has 0 aliphatic rings. The molecule has 1 heterocycles. The summed E-state index contributed by atoms with van der Waals surface area (Å²) in [5.41, 5.74) is 4.39. The number of nitrogens with zero attached hydrogens (tertiary/aromatic N) is 1. The lowest BCUT2D eigenvalue weighted by Gasteiger charge is -2.14. The zero-order valence-electron chi connectivity index (χ0n) is 12.3. The Morgan fingerprint density at radius 1 is 1.05 bits per heavy atom. The van der Waals surface area contributed by atoms with Crippen molar-refractivity contribution in [1.82, 2.24) is 10.2 Å². The standard InChI is InChI=1S/C14H19N3O2S/c1-8-6-9(2)14(10(3)7-8)20(18,19)17-13-11(4)15-16-12(13)5/h6-7,17H,1-5H3,(H,15,16). The van der Waals surface area contributed by atoms with Gasteiger partial charge in [-0.05, 0) is 45.7 Å². The molecule has 0 spiro atoms. The van der Waals surface area contributed by atoms with Crippen LogP contribution in [-0.4, -0.2) is 18.6 Å². The summed E-state index contributed by atoms with van der Waals surface area (Å²) >= 11 is 0. The molecular formula is C14H19N3O2S. The Bertz CT molecular complexity index is 718. The molecule has 6 heteroatoms. The van der Waals surface area contributed by atoms with Crippen LogP contribution in [0.4, 0.5) is 5.69 Å². The minimum Gasteiger partial charge on any atom is -0.280 e. The smallest absolute Gasteiger partial charge is 0.262 e. The fourth-order valence-electron chi connectivity index (χ4n) is 2.48. The molecule has 108 valence electrons. The Hall–Kier alpha value is -1.82. The van der Waals surface area contributed by atoms with Gasteiger partial charge in [0.2, 0.25) is 0 Å². The van der Waals surface area contributed by atoms with E-state index in [1.165, 1.54) is 0 Å². The lowest BCUT2D eigenvalue weighted by Crippen LogP contribution is -2.16. The molecule has 0 saturated carbocycles. The number of aryl methyl sites for hydroxylation is 5. The highest BCUT2D eigenvalue weighted by molar-refractivity contribution is 7.92. The average Bonchev–Trinajstić information content (AvgIpc) is 2.58. The number of aromatic nitrogens is 2. The van der Waals surface area contributed by atoms with E-state index in [2.05, 4.69) is 14.9 Å². The van der Waals surface area contributed by atoms with Crippen LogP contribution in [0.3, 0.4) is 0 Å². The Morgan fingerprint density at radius 2 is 1.60 bits per heavy atom. The minimum atomic E-state index is -3.62. The molecule has 0 bridgehead atoms. The lowest BCUT2D eigenvalue weighted by molar-refractivity contribution is 0.600. The van der Waals surface area contributed by atoms with Gasteiger partial charge in [-0.2, -0.15) is 5.10 Å². The summed E-state index contributed by atoms with van der Waals surface area (Å²) < 4.78 is 27.8. The number of hydrogen-bond acceptors (Lipinski definition) is 3. The first kappa shape index (κ1) is 14.6. The Balaban J connectivity index is 2.52. The van der Waals surface area contributed by atoms with E-state index in [9.17, 15) is 8.42 Å². The molecule has 1 aromatic heterocycles. The SMILES string of the molecule is Cc1cc(C)c(S(=O)(=O)Nc2c(C)n[nH]c2C)c(C)c1. The van der Waals surface area contributed by atoms with Crippen LogP contribution in [0.15, 0.2) is 17.0 Å². The van der Waals surface area contributed by atoms with Gasteiger partial charge in [-0.25, -0.2) is 8.42 Å². The van der Waals surface area contributed by atoms with Crippen LogP contribution in [0.2, 0.25) is 0 Å². The third kappa shape index (κ3) is 2.56. The van der Waals surface area contributed by atoms with Crippen LogP contribution in [0, 0.1) is 34.6 Å². The van der Waals surface area contributed by atoms with Crippen LogP contribution in [0.5, 0.6) is 0 Å². The Kier molecular flexibility index (Phi) is 3.60. The quantitative estimate of drug-likeness (QED) is 0.913. The summed E-state index contributed by atoms with van der Waals surface area (Å²) in [5.74, 6) is 0. The van der Waals surface area contributed by atoms with Crippen LogP contribution < -0.4 is 4.72 Å². The third-order valence-electron chi connectivity index (χ3n) is 3.24. The fraction of sp³-hybridized carbons (Fsp3) is 0.357. The number of nitrogens with one attached hydrogen (secondary N) is 2. The van der Waals surface area contributed by atoms with E-state index >= 15 is 0 Å². The van der Waals surface area contributed by atoms with E-state index in [1.54, 1.807) is 13.8 Å². The van der Waals surface area contributed by atoms with Crippen molar-refractivity contribution < 1.29 is 8.42 Å². The molecule has 5 nitrogen and oxygen atoms in total. The van der Waals surface area contributed by atoms with Gasteiger partial charge < -0.3 is 0 Å². The van der Waals surface area contributed by atoms with Crippen molar-refractivity contribution in [3.8, 4) is 0 Å². The highest BCUT2D eigenvalue weighted by Gasteiger charge is 2.22. The number of sulfonamides is 1. The maximum Gasteiger partial charge on any atom is 0.262 e. The summed E-state index contributed by atoms with van der Waals surface area (Å²) in [6, 6.07) is 3.74. The molecular weight excluding hydrogens is 274 g/mol. The third-order valence-corrected chi connectivity index (χ3v) is 4.89. The molecule has 0 unspecified atom stereocenters. The van der Waals surface area contributed by atoms with E-state index in [0.29, 0.717) is 22.0 Å². The second kappa shape index (κ2) is 4.94. The topological polar surface area (TPSA) is 74.8 Å². The van der Waals surface area contributed by atoms with Crippen LogP contribution >= 0.6 is 0 Å². The predicted molar refractivity (Wildman–Crippen MR) is 79.5 cm³/mol. The Labute approximate surface area is 119 Å². The van der Waals surface area contributed by atoms with Crippen molar-refractivity contribution in [3.05, 3.63) is 40.2 Å². The number of benzene rings is 1. The number of anilines is 1.